The number of hydrogen-bond acceptors (Lipinski definition) is 6. The van der Waals surface area contributed by atoms with Crippen LogP contribution in [-0.4, -0.2) is 29.5 Å². The van der Waals surface area contributed by atoms with Crippen LogP contribution in [0.25, 0.3) is 0 Å². The molecule has 1 N–H and O–H groups in total. The van der Waals surface area contributed by atoms with Crippen LogP contribution in [0.5, 0.6) is 0 Å². The van der Waals surface area contributed by atoms with Crippen molar-refractivity contribution >= 4 is 11.4 Å². The Kier molecular flexibility index (Phi) is 5.31. The van der Waals surface area contributed by atoms with Crippen molar-refractivity contribution in [2.24, 2.45) is 0 Å². The second-order valence-corrected chi connectivity index (χ2v) is 6.11. The van der Waals surface area contributed by atoms with E-state index in [4.69, 9.17) is 4.42 Å². The quantitative estimate of drug-likeness (QED) is 0.636. The Morgan fingerprint density at radius 2 is 2.12 bits per heavy atom. The predicted octanol–water partition coefficient (Wildman–Crippen LogP) is 3.70. The summed E-state index contributed by atoms with van der Waals surface area (Å²) in [5.41, 5.74) is 0.786. The molecular weight excluding hydrogens is 320 g/mol. The van der Waals surface area contributed by atoms with Crippen LogP contribution in [0.1, 0.15) is 36.6 Å². The molecule has 3 rings (SSSR count). The molecule has 2 aromatic rings. The largest absolute Gasteiger partial charge is 0.468 e. The van der Waals surface area contributed by atoms with Crippen molar-refractivity contribution in [2.75, 3.05) is 25.0 Å². The van der Waals surface area contributed by atoms with E-state index in [1.54, 1.807) is 12.3 Å². The normalized spacial score (nSPS) is 16.1. The highest BCUT2D eigenvalue weighted by atomic mass is 16.6. The van der Waals surface area contributed by atoms with E-state index >= 15 is 0 Å². The first-order valence-electron chi connectivity index (χ1n) is 8.39. The van der Waals surface area contributed by atoms with Gasteiger partial charge in [-0.3, -0.25) is 15.0 Å². The number of hydrogen-bond donors (Lipinski definition) is 1. The molecule has 0 amide bonds. The van der Waals surface area contributed by atoms with E-state index in [0.29, 0.717) is 12.2 Å². The molecule has 7 nitrogen and oxygen atoms in total. The van der Waals surface area contributed by atoms with Gasteiger partial charge >= 0.3 is 0 Å². The van der Waals surface area contributed by atoms with Crippen LogP contribution in [-0.2, 0) is 0 Å². The molecule has 1 aliphatic heterocycles. The standard InChI is InChI=1S/C18H20N4O3/c19-12-14-11-15(22(23)24)6-7-16(14)20-13-17(18-5-4-10-25-18)21-8-2-1-3-9-21/h4-7,10-11,17,20H,1-3,8-9,13H2/t17-/m0/s1. The van der Waals surface area contributed by atoms with Gasteiger partial charge in [-0.2, -0.15) is 5.26 Å². The van der Waals surface area contributed by atoms with Crippen molar-refractivity contribution in [1.82, 2.24) is 4.90 Å². The fraction of sp³-hybridized carbons (Fsp3) is 0.389. The van der Waals surface area contributed by atoms with Crippen molar-refractivity contribution in [3.63, 3.8) is 0 Å². The van der Waals surface area contributed by atoms with Gasteiger partial charge < -0.3 is 9.73 Å². The van der Waals surface area contributed by atoms with Gasteiger partial charge in [-0.15, -0.1) is 0 Å². The van der Waals surface area contributed by atoms with Crippen LogP contribution in [0.4, 0.5) is 11.4 Å². The zero-order chi connectivity index (χ0) is 17.6. The zero-order valence-electron chi connectivity index (χ0n) is 13.9. The first-order chi connectivity index (χ1) is 12.2. The van der Waals surface area contributed by atoms with Crippen LogP contribution in [0.3, 0.4) is 0 Å². The summed E-state index contributed by atoms with van der Waals surface area (Å²) in [7, 11) is 0. The summed E-state index contributed by atoms with van der Waals surface area (Å²) >= 11 is 0. The van der Waals surface area contributed by atoms with Crippen LogP contribution >= 0.6 is 0 Å². The summed E-state index contributed by atoms with van der Waals surface area (Å²) in [6.07, 6.45) is 5.24. The maximum Gasteiger partial charge on any atom is 0.270 e. The van der Waals surface area contributed by atoms with Crippen molar-refractivity contribution < 1.29 is 9.34 Å². The molecule has 25 heavy (non-hydrogen) atoms. The molecule has 130 valence electrons. The van der Waals surface area contributed by atoms with E-state index in [1.807, 2.05) is 18.2 Å². The van der Waals surface area contributed by atoms with Gasteiger partial charge in [-0.05, 0) is 44.1 Å². The Balaban J connectivity index is 1.77. The van der Waals surface area contributed by atoms with Crippen LogP contribution < -0.4 is 5.32 Å². The number of rotatable bonds is 6. The number of anilines is 1. The van der Waals surface area contributed by atoms with E-state index in [1.165, 1.54) is 18.6 Å². The Hall–Kier alpha value is -2.85. The molecule has 0 bridgehead atoms. The molecule has 0 saturated carbocycles. The highest BCUT2D eigenvalue weighted by Crippen LogP contribution is 2.27. The molecular formula is C18H20N4O3. The Morgan fingerprint density at radius 1 is 1.32 bits per heavy atom. The fourth-order valence-corrected chi connectivity index (χ4v) is 3.22. The summed E-state index contributed by atoms with van der Waals surface area (Å²) < 4.78 is 5.61. The Labute approximate surface area is 146 Å². The average Bonchev–Trinajstić information content (AvgIpc) is 3.17. The lowest BCUT2D eigenvalue weighted by Crippen LogP contribution is -2.37. The SMILES string of the molecule is N#Cc1cc([N+](=O)[O-])ccc1NC[C@@H](c1ccco1)N1CCCCC1. The minimum Gasteiger partial charge on any atom is -0.468 e. The number of nitro benzene ring substituents is 1. The van der Waals surface area contributed by atoms with E-state index in [-0.39, 0.29) is 17.3 Å². The molecule has 0 spiro atoms. The second kappa shape index (κ2) is 7.81. The highest BCUT2D eigenvalue weighted by Gasteiger charge is 2.24. The highest BCUT2D eigenvalue weighted by molar-refractivity contribution is 5.61. The van der Waals surface area contributed by atoms with Crippen molar-refractivity contribution in [3.8, 4) is 6.07 Å². The van der Waals surface area contributed by atoms with Gasteiger partial charge in [0.15, 0.2) is 0 Å². The number of non-ortho nitro benzene ring substituents is 1. The summed E-state index contributed by atoms with van der Waals surface area (Å²) in [6.45, 7) is 2.59. The number of nitro groups is 1. The number of nitrogens with zero attached hydrogens (tertiary/aromatic N) is 3. The molecule has 1 aromatic carbocycles. The smallest absolute Gasteiger partial charge is 0.270 e. The summed E-state index contributed by atoms with van der Waals surface area (Å²) in [5.74, 6) is 0.884. The molecule has 1 fully saturated rings. The van der Waals surface area contributed by atoms with Crippen molar-refractivity contribution in [1.29, 1.82) is 5.26 Å². The summed E-state index contributed by atoms with van der Waals surface area (Å²) in [5, 5.41) is 23.4. The van der Waals surface area contributed by atoms with Gasteiger partial charge in [-0.1, -0.05) is 6.42 Å². The molecule has 1 atom stereocenters. The third-order valence-corrected chi connectivity index (χ3v) is 4.52. The van der Waals surface area contributed by atoms with Crippen molar-refractivity contribution in [3.05, 3.63) is 58.0 Å². The monoisotopic (exact) mass is 340 g/mol. The van der Waals surface area contributed by atoms with Gasteiger partial charge in [0, 0.05) is 18.7 Å². The lowest BCUT2D eigenvalue weighted by Gasteiger charge is -2.33. The lowest BCUT2D eigenvalue weighted by atomic mass is 10.1. The topological polar surface area (TPSA) is 95.3 Å². The molecule has 2 heterocycles. The number of nitriles is 1. The Bertz CT molecular complexity index is 761. The third-order valence-electron chi connectivity index (χ3n) is 4.52. The first kappa shape index (κ1) is 17.0. The molecule has 0 radical (unpaired) electrons. The average molecular weight is 340 g/mol. The summed E-state index contributed by atoms with van der Waals surface area (Å²) in [6, 6.07) is 10.2. The Morgan fingerprint density at radius 3 is 2.76 bits per heavy atom. The zero-order valence-corrected chi connectivity index (χ0v) is 13.9. The van der Waals surface area contributed by atoms with Gasteiger partial charge in [0.2, 0.25) is 0 Å². The molecule has 1 aromatic heterocycles. The number of furan rings is 1. The third kappa shape index (κ3) is 3.98. The molecule has 7 heteroatoms. The minimum absolute atomic E-state index is 0.0667. The molecule has 1 saturated heterocycles. The van der Waals surface area contributed by atoms with Gasteiger partial charge in [-0.25, -0.2) is 0 Å². The van der Waals surface area contributed by atoms with E-state index < -0.39 is 4.92 Å². The lowest BCUT2D eigenvalue weighted by molar-refractivity contribution is -0.384. The van der Waals surface area contributed by atoms with Gasteiger partial charge in [0.05, 0.1) is 28.5 Å². The van der Waals surface area contributed by atoms with Crippen LogP contribution in [0.15, 0.2) is 41.0 Å². The first-order valence-corrected chi connectivity index (χ1v) is 8.39. The fourth-order valence-electron chi connectivity index (χ4n) is 3.22. The van der Waals surface area contributed by atoms with Gasteiger partial charge in [0.25, 0.3) is 5.69 Å². The predicted molar refractivity (Wildman–Crippen MR) is 93.2 cm³/mol. The van der Waals surface area contributed by atoms with E-state index in [2.05, 4.69) is 10.2 Å². The maximum atomic E-state index is 10.9. The van der Waals surface area contributed by atoms with Crippen LogP contribution in [0.2, 0.25) is 0 Å². The van der Waals surface area contributed by atoms with Crippen LogP contribution in [0, 0.1) is 21.4 Å². The number of benzene rings is 1. The molecule has 0 aliphatic carbocycles. The summed E-state index contributed by atoms with van der Waals surface area (Å²) in [4.78, 5) is 12.8. The van der Waals surface area contributed by atoms with Gasteiger partial charge in [0.1, 0.15) is 11.8 Å². The second-order valence-electron chi connectivity index (χ2n) is 6.11. The van der Waals surface area contributed by atoms with Crippen molar-refractivity contribution in [2.45, 2.75) is 25.3 Å². The van der Waals surface area contributed by atoms with E-state index in [9.17, 15) is 15.4 Å². The molecule has 1 aliphatic rings. The molecule has 0 unspecified atom stereocenters. The minimum atomic E-state index is -0.496. The number of piperidine rings is 1. The van der Waals surface area contributed by atoms with E-state index in [0.717, 1.165) is 31.7 Å². The number of nitrogens with one attached hydrogen (secondary N) is 1. The number of likely N-dealkylation sites (tertiary alicyclic amines) is 1. The maximum absolute atomic E-state index is 10.9.